The molecule has 0 atom stereocenters. The average molecular weight is 301 g/mol. The number of fused-ring (bicyclic) bond motifs is 1. The number of H-pyrrole nitrogens is 1. The Bertz CT molecular complexity index is 862. The molecule has 0 bridgehead atoms. The van der Waals surface area contributed by atoms with Gasteiger partial charge in [-0.1, -0.05) is 11.6 Å². The van der Waals surface area contributed by atoms with Gasteiger partial charge in [0.15, 0.2) is 11.2 Å². The Morgan fingerprint density at radius 3 is 2.76 bits per heavy atom. The quantitative estimate of drug-likeness (QED) is 0.809. The number of hydrogen-bond acceptors (Lipinski definition) is 3. The highest BCUT2D eigenvalue weighted by molar-refractivity contribution is 6.30. The summed E-state index contributed by atoms with van der Waals surface area (Å²) < 4.78 is 2.05. The maximum Gasteiger partial charge on any atom is 0.278 e. The molecular weight excluding hydrogens is 288 g/mol. The minimum absolute atomic E-state index is 0.204. The molecule has 1 aromatic carbocycles. The molecule has 2 heterocycles. The zero-order chi connectivity index (χ0) is 14.4. The van der Waals surface area contributed by atoms with E-state index in [1.807, 2.05) is 28.8 Å². The van der Waals surface area contributed by atoms with Gasteiger partial charge in [-0.2, -0.15) is 0 Å². The molecule has 106 valence electrons. The van der Waals surface area contributed by atoms with E-state index in [1.54, 1.807) is 0 Å². The highest BCUT2D eigenvalue weighted by atomic mass is 35.5. The monoisotopic (exact) mass is 300 g/mol. The fraction of sp³-hybridized carbons (Fsp3) is 0.267. The summed E-state index contributed by atoms with van der Waals surface area (Å²) in [5.41, 5.74) is 1.78. The molecule has 0 radical (unpaired) electrons. The Morgan fingerprint density at radius 2 is 2.05 bits per heavy atom. The molecule has 0 aliphatic heterocycles. The largest absolute Gasteiger partial charge is 0.311 e. The molecular formula is C15H13ClN4O. The Balaban J connectivity index is 1.95. The van der Waals surface area contributed by atoms with E-state index in [4.69, 9.17) is 11.6 Å². The molecule has 1 N–H and O–H groups in total. The summed E-state index contributed by atoms with van der Waals surface area (Å²) in [5.74, 6) is 1.44. The van der Waals surface area contributed by atoms with E-state index in [-0.39, 0.29) is 5.56 Å². The van der Waals surface area contributed by atoms with E-state index in [0.717, 1.165) is 17.9 Å². The van der Waals surface area contributed by atoms with Crippen molar-refractivity contribution >= 4 is 22.8 Å². The second-order valence-electron chi connectivity index (χ2n) is 5.40. The summed E-state index contributed by atoms with van der Waals surface area (Å²) in [6.45, 7) is 0.852. The molecule has 2 aromatic heterocycles. The standard InChI is InChI=1S/C15H13ClN4O/c16-11-5-3-10(4-6-11)13-19-12-14(17-8-18-15(12)21)20(13)7-9-1-2-9/h3-6,8-9H,1-2,7H2,(H,17,18,21). The van der Waals surface area contributed by atoms with Gasteiger partial charge in [0.25, 0.3) is 5.56 Å². The third kappa shape index (κ3) is 2.23. The minimum Gasteiger partial charge on any atom is -0.311 e. The predicted molar refractivity (Wildman–Crippen MR) is 81.3 cm³/mol. The zero-order valence-corrected chi connectivity index (χ0v) is 12.0. The molecule has 0 saturated heterocycles. The number of halogens is 1. The number of nitrogens with zero attached hydrogens (tertiary/aromatic N) is 3. The molecule has 1 fully saturated rings. The first-order chi connectivity index (χ1) is 10.2. The van der Waals surface area contributed by atoms with Crippen LogP contribution < -0.4 is 5.56 Å². The average Bonchev–Trinajstić information content (AvgIpc) is 3.22. The summed E-state index contributed by atoms with van der Waals surface area (Å²) in [6.07, 6.45) is 3.88. The first-order valence-corrected chi connectivity index (χ1v) is 7.30. The van der Waals surface area contributed by atoms with Crippen molar-refractivity contribution in [3.63, 3.8) is 0 Å². The summed E-state index contributed by atoms with van der Waals surface area (Å²) in [4.78, 5) is 23.3. The van der Waals surface area contributed by atoms with Crippen LogP contribution >= 0.6 is 11.6 Å². The third-order valence-corrected chi connectivity index (χ3v) is 4.03. The van der Waals surface area contributed by atoms with E-state index < -0.39 is 0 Å². The molecule has 3 aromatic rings. The highest BCUT2D eigenvalue weighted by Gasteiger charge is 2.25. The fourth-order valence-electron chi connectivity index (χ4n) is 2.50. The number of benzene rings is 1. The number of imidazole rings is 1. The Labute approximate surface area is 125 Å². The van der Waals surface area contributed by atoms with Crippen LogP contribution in [-0.4, -0.2) is 19.5 Å². The van der Waals surface area contributed by atoms with Gasteiger partial charge in [0, 0.05) is 17.1 Å². The van der Waals surface area contributed by atoms with Crippen LogP contribution in [0, 0.1) is 5.92 Å². The maximum absolute atomic E-state index is 11.9. The fourth-order valence-corrected chi connectivity index (χ4v) is 2.62. The molecule has 6 heteroatoms. The van der Waals surface area contributed by atoms with Gasteiger partial charge in [0.1, 0.15) is 5.82 Å². The van der Waals surface area contributed by atoms with Crippen molar-refractivity contribution < 1.29 is 0 Å². The molecule has 4 rings (SSSR count). The van der Waals surface area contributed by atoms with Crippen molar-refractivity contribution in [3.05, 3.63) is 46.0 Å². The lowest BCUT2D eigenvalue weighted by atomic mass is 10.2. The first-order valence-electron chi connectivity index (χ1n) is 6.92. The van der Waals surface area contributed by atoms with Crippen molar-refractivity contribution in [2.45, 2.75) is 19.4 Å². The maximum atomic E-state index is 11.9. The van der Waals surface area contributed by atoms with Crippen molar-refractivity contribution in [1.29, 1.82) is 0 Å². The van der Waals surface area contributed by atoms with Gasteiger partial charge in [-0.05, 0) is 43.0 Å². The van der Waals surface area contributed by atoms with E-state index >= 15 is 0 Å². The minimum atomic E-state index is -0.204. The topological polar surface area (TPSA) is 63.6 Å². The van der Waals surface area contributed by atoms with Crippen molar-refractivity contribution in [3.8, 4) is 11.4 Å². The Morgan fingerprint density at radius 1 is 1.29 bits per heavy atom. The van der Waals surface area contributed by atoms with Gasteiger partial charge in [-0.3, -0.25) is 4.79 Å². The first kappa shape index (κ1) is 12.6. The summed E-state index contributed by atoms with van der Waals surface area (Å²) >= 11 is 5.94. The summed E-state index contributed by atoms with van der Waals surface area (Å²) in [5, 5.41) is 0.680. The molecule has 0 unspecified atom stereocenters. The smallest absolute Gasteiger partial charge is 0.278 e. The Kier molecular flexibility index (Phi) is 2.82. The summed E-state index contributed by atoms with van der Waals surface area (Å²) in [6, 6.07) is 7.49. The van der Waals surface area contributed by atoms with E-state index in [9.17, 15) is 4.79 Å². The molecule has 1 saturated carbocycles. The van der Waals surface area contributed by atoms with Crippen LogP contribution in [-0.2, 0) is 6.54 Å². The van der Waals surface area contributed by atoms with E-state index in [1.165, 1.54) is 19.2 Å². The van der Waals surface area contributed by atoms with Crippen LogP contribution in [0.5, 0.6) is 0 Å². The summed E-state index contributed by atoms with van der Waals surface area (Å²) in [7, 11) is 0. The lowest BCUT2D eigenvalue weighted by molar-refractivity contribution is 0.643. The van der Waals surface area contributed by atoms with Crippen LogP contribution in [0.4, 0.5) is 0 Å². The van der Waals surface area contributed by atoms with Gasteiger partial charge >= 0.3 is 0 Å². The van der Waals surface area contributed by atoms with Crippen molar-refractivity contribution in [2.75, 3.05) is 0 Å². The van der Waals surface area contributed by atoms with Crippen LogP contribution in [0.3, 0.4) is 0 Å². The van der Waals surface area contributed by atoms with Gasteiger partial charge < -0.3 is 9.55 Å². The van der Waals surface area contributed by atoms with Crippen LogP contribution in [0.15, 0.2) is 35.4 Å². The molecule has 1 aliphatic carbocycles. The normalized spacial score (nSPS) is 14.7. The van der Waals surface area contributed by atoms with Crippen LogP contribution in [0.1, 0.15) is 12.8 Å². The number of hydrogen-bond donors (Lipinski definition) is 1. The van der Waals surface area contributed by atoms with Gasteiger partial charge in [0.05, 0.1) is 6.33 Å². The second kappa shape index (κ2) is 4.70. The van der Waals surface area contributed by atoms with E-state index in [0.29, 0.717) is 22.1 Å². The number of aromatic amines is 1. The van der Waals surface area contributed by atoms with Crippen LogP contribution in [0.2, 0.25) is 5.02 Å². The molecule has 1 aliphatic rings. The van der Waals surface area contributed by atoms with Crippen LogP contribution in [0.25, 0.3) is 22.6 Å². The zero-order valence-electron chi connectivity index (χ0n) is 11.2. The number of aromatic nitrogens is 4. The Hall–Kier alpha value is -2.14. The number of nitrogens with one attached hydrogen (secondary N) is 1. The van der Waals surface area contributed by atoms with Gasteiger partial charge in [-0.25, -0.2) is 9.97 Å². The molecule has 0 spiro atoms. The molecule has 5 nitrogen and oxygen atoms in total. The van der Waals surface area contributed by atoms with E-state index in [2.05, 4.69) is 15.0 Å². The molecule has 21 heavy (non-hydrogen) atoms. The highest BCUT2D eigenvalue weighted by Crippen LogP contribution is 2.33. The number of rotatable bonds is 3. The van der Waals surface area contributed by atoms with Crippen molar-refractivity contribution in [1.82, 2.24) is 19.5 Å². The predicted octanol–water partition coefficient (Wildman–Crippen LogP) is 2.85. The lowest BCUT2D eigenvalue weighted by Gasteiger charge is -2.07. The van der Waals surface area contributed by atoms with Gasteiger partial charge in [-0.15, -0.1) is 0 Å². The molecule has 0 amide bonds. The third-order valence-electron chi connectivity index (χ3n) is 3.78. The van der Waals surface area contributed by atoms with Crippen molar-refractivity contribution in [2.24, 2.45) is 5.92 Å². The lowest BCUT2D eigenvalue weighted by Crippen LogP contribution is -2.08. The van der Waals surface area contributed by atoms with Gasteiger partial charge in [0.2, 0.25) is 0 Å². The second-order valence-corrected chi connectivity index (χ2v) is 5.84. The SMILES string of the molecule is O=c1[nH]cnc2c1nc(-c1ccc(Cl)cc1)n2CC1CC1.